The summed E-state index contributed by atoms with van der Waals surface area (Å²) < 4.78 is 67.0. The molecule has 0 aliphatic rings. The van der Waals surface area contributed by atoms with Gasteiger partial charge in [0.05, 0.1) is 15.8 Å². The lowest BCUT2D eigenvalue weighted by Crippen LogP contribution is -2.05. The van der Waals surface area contributed by atoms with Crippen molar-refractivity contribution in [1.82, 2.24) is 4.98 Å². The molecule has 9 heteroatoms. The molecule has 1 atom stereocenters. The minimum Gasteiger partial charge on any atom is -0.248 e. The van der Waals surface area contributed by atoms with E-state index in [9.17, 15) is 22.0 Å². The van der Waals surface area contributed by atoms with E-state index in [-0.39, 0.29) is 10.6 Å². The first-order valence-corrected chi connectivity index (χ1v) is 9.80. The van der Waals surface area contributed by atoms with Crippen molar-refractivity contribution >= 4 is 39.3 Å². The van der Waals surface area contributed by atoms with Crippen molar-refractivity contribution in [3.63, 3.8) is 0 Å². The Hall–Kier alpha value is -1.64. The molecule has 0 radical (unpaired) electrons. The number of thioether (sulfide) groups is 1. The molecule has 0 N–H and O–H groups in total. The van der Waals surface area contributed by atoms with Crippen LogP contribution in [-0.2, 0) is 6.18 Å². The smallest absolute Gasteiger partial charge is 0.248 e. The Morgan fingerprint density at radius 1 is 0.964 bits per heavy atom. The Morgan fingerprint density at radius 2 is 1.64 bits per heavy atom. The molecule has 0 spiro atoms. The molecule has 2 aromatic carbocycles. The summed E-state index contributed by atoms with van der Waals surface area (Å²) in [5.74, 6) is -1.30. The van der Waals surface area contributed by atoms with E-state index in [0.717, 1.165) is 42.1 Å². The van der Waals surface area contributed by atoms with Gasteiger partial charge in [-0.2, -0.15) is 13.2 Å². The second kappa shape index (κ2) is 8.39. The quantitative estimate of drug-likeness (QED) is 0.210. The fraction of sp³-hybridized carbons (Fsp3) is 0.105. The summed E-state index contributed by atoms with van der Waals surface area (Å²) >= 11 is 10.5. The van der Waals surface area contributed by atoms with E-state index in [2.05, 4.69) is 20.9 Å². The zero-order valence-electron chi connectivity index (χ0n) is 13.8. The lowest BCUT2D eigenvalue weighted by Gasteiger charge is -2.20. The molecule has 3 aromatic rings. The molecular weight excluding hydrogens is 485 g/mol. The summed E-state index contributed by atoms with van der Waals surface area (Å²) in [4.78, 5) is 4.42. The molecule has 0 saturated heterocycles. The van der Waals surface area contributed by atoms with Gasteiger partial charge in [0.15, 0.2) is 0 Å². The van der Waals surface area contributed by atoms with Gasteiger partial charge in [-0.25, -0.2) is 13.8 Å². The maximum atomic E-state index is 14.5. The first-order valence-electron chi connectivity index (χ1n) is 7.75. The zero-order valence-corrected chi connectivity index (χ0v) is 16.9. The SMILES string of the molecule is Fc1ccc(F)c(C(Sc2ccc(C(F)(F)F)cc2)c2cc(Br)ncc2Cl)c1. The molecule has 0 bridgehead atoms. The van der Waals surface area contributed by atoms with Crippen LogP contribution in [0.15, 0.2) is 64.2 Å². The highest BCUT2D eigenvalue weighted by Gasteiger charge is 2.30. The molecule has 1 unspecified atom stereocenters. The predicted octanol–water partition coefficient (Wildman–Crippen LogP) is 7.68. The van der Waals surface area contributed by atoms with Crippen molar-refractivity contribution in [2.24, 2.45) is 0 Å². The van der Waals surface area contributed by atoms with Crippen LogP contribution in [0.1, 0.15) is 21.9 Å². The third-order valence-electron chi connectivity index (χ3n) is 3.81. The highest BCUT2D eigenvalue weighted by molar-refractivity contribution is 9.10. The van der Waals surface area contributed by atoms with Crippen LogP contribution in [0.2, 0.25) is 5.02 Å². The molecule has 0 amide bonds. The van der Waals surface area contributed by atoms with Crippen molar-refractivity contribution in [2.45, 2.75) is 16.3 Å². The molecule has 1 heterocycles. The summed E-state index contributed by atoms with van der Waals surface area (Å²) in [6, 6.07) is 9.02. The topological polar surface area (TPSA) is 12.9 Å². The predicted molar refractivity (Wildman–Crippen MR) is 102 cm³/mol. The van der Waals surface area contributed by atoms with Gasteiger partial charge in [0, 0.05) is 16.7 Å². The number of alkyl halides is 3. The summed E-state index contributed by atoms with van der Waals surface area (Å²) in [5, 5.41) is -0.587. The fourth-order valence-electron chi connectivity index (χ4n) is 2.50. The summed E-state index contributed by atoms with van der Waals surface area (Å²) in [7, 11) is 0. The molecule has 146 valence electrons. The van der Waals surface area contributed by atoms with E-state index in [1.807, 2.05) is 0 Å². The molecule has 3 rings (SSSR count). The molecule has 1 aromatic heterocycles. The summed E-state index contributed by atoms with van der Waals surface area (Å²) in [6.45, 7) is 0. The largest absolute Gasteiger partial charge is 0.416 e. The van der Waals surface area contributed by atoms with E-state index in [1.54, 1.807) is 6.07 Å². The zero-order chi connectivity index (χ0) is 20.5. The van der Waals surface area contributed by atoms with Gasteiger partial charge in [-0.05, 0) is 70.0 Å². The summed E-state index contributed by atoms with van der Waals surface area (Å²) in [5.41, 5.74) is -0.335. The second-order valence-corrected chi connectivity index (χ2v) is 8.11. The second-order valence-electron chi connectivity index (χ2n) is 5.71. The lowest BCUT2D eigenvalue weighted by molar-refractivity contribution is -0.137. The van der Waals surface area contributed by atoms with Crippen molar-refractivity contribution in [3.8, 4) is 0 Å². The van der Waals surface area contributed by atoms with Crippen molar-refractivity contribution in [1.29, 1.82) is 0 Å². The van der Waals surface area contributed by atoms with E-state index < -0.39 is 28.6 Å². The number of benzene rings is 2. The van der Waals surface area contributed by atoms with E-state index in [1.165, 1.54) is 18.3 Å². The molecule has 0 aliphatic carbocycles. The maximum absolute atomic E-state index is 14.5. The van der Waals surface area contributed by atoms with Gasteiger partial charge in [-0.3, -0.25) is 0 Å². The molecule has 0 saturated carbocycles. The third-order valence-corrected chi connectivity index (χ3v) is 5.85. The number of hydrogen-bond acceptors (Lipinski definition) is 2. The van der Waals surface area contributed by atoms with Crippen LogP contribution >= 0.6 is 39.3 Å². The first-order chi connectivity index (χ1) is 13.1. The number of aromatic nitrogens is 1. The lowest BCUT2D eigenvalue weighted by atomic mass is 10.0. The van der Waals surface area contributed by atoms with Gasteiger partial charge in [-0.15, -0.1) is 11.8 Å². The fourth-order valence-corrected chi connectivity index (χ4v) is 4.32. The standard InChI is InChI=1S/C19H10BrClF5NS/c20-17-8-13(15(21)9-27-17)18(14-7-11(22)3-6-16(14)23)28-12-4-1-10(2-5-12)19(24,25)26/h1-9,18H. The molecule has 0 fully saturated rings. The van der Waals surface area contributed by atoms with Crippen molar-refractivity contribution in [2.75, 3.05) is 0 Å². The minimum atomic E-state index is -4.46. The van der Waals surface area contributed by atoms with E-state index in [4.69, 9.17) is 11.6 Å². The van der Waals surface area contributed by atoms with Crippen LogP contribution in [0.25, 0.3) is 0 Å². The Balaban J connectivity index is 2.06. The van der Waals surface area contributed by atoms with Crippen LogP contribution in [-0.4, -0.2) is 4.98 Å². The van der Waals surface area contributed by atoms with Crippen molar-refractivity contribution < 1.29 is 22.0 Å². The number of rotatable bonds is 4. The van der Waals surface area contributed by atoms with Crippen LogP contribution < -0.4 is 0 Å². The Morgan fingerprint density at radius 3 is 2.29 bits per heavy atom. The molecule has 0 aliphatic heterocycles. The van der Waals surface area contributed by atoms with Crippen molar-refractivity contribution in [3.05, 3.63) is 92.7 Å². The highest BCUT2D eigenvalue weighted by atomic mass is 79.9. The molecule has 1 nitrogen and oxygen atoms in total. The third kappa shape index (κ3) is 4.85. The normalized spacial score (nSPS) is 12.8. The van der Waals surface area contributed by atoms with Gasteiger partial charge in [0.25, 0.3) is 0 Å². The molecule has 28 heavy (non-hydrogen) atoms. The van der Waals surface area contributed by atoms with Crippen LogP contribution in [0, 0.1) is 11.6 Å². The average molecular weight is 495 g/mol. The van der Waals surface area contributed by atoms with Gasteiger partial charge in [-0.1, -0.05) is 11.6 Å². The number of hydrogen-bond donors (Lipinski definition) is 0. The van der Waals surface area contributed by atoms with Gasteiger partial charge in [0.2, 0.25) is 0 Å². The Kier molecular flexibility index (Phi) is 6.31. The van der Waals surface area contributed by atoms with Gasteiger partial charge < -0.3 is 0 Å². The highest BCUT2D eigenvalue weighted by Crippen LogP contribution is 2.45. The monoisotopic (exact) mass is 493 g/mol. The van der Waals surface area contributed by atoms with E-state index in [0.29, 0.717) is 15.1 Å². The molecular formula is C19H10BrClF5NS. The number of nitrogens with zero attached hydrogens (tertiary/aromatic N) is 1. The van der Waals surface area contributed by atoms with Crippen LogP contribution in [0.3, 0.4) is 0 Å². The number of halogens is 7. The van der Waals surface area contributed by atoms with Gasteiger partial charge >= 0.3 is 6.18 Å². The van der Waals surface area contributed by atoms with Gasteiger partial charge in [0.1, 0.15) is 16.2 Å². The van der Waals surface area contributed by atoms with Crippen LogP contribution in [0.4, 0.5) is 22.0 Å². The minimum absolute atomic E-state index is 0.0184. The van der Waals surface area contributed by atoms with Crippen LogP contribution in [0.5, 0.6) is 0 Å². The maximum Gasteiger partial charge on any atom is 0.416 e. The van der Waals surface area contributed by atoms with E-state index >= 15 is 0 Å². The average Bonchev–Trinajstić information content (AvgIpc) is 2.64. The number of pyridine rings is 1. The Labute approximate surface area is 175 Å². The first kappa shape index (κ1) is 21.1. The Bertz CT molecular complexity index is 943. The summed E-state index contributed by atoms with van der Waals surface area (Å²) in [6.07, 6.45) is -3.10.